The summed E-state index contributed by atoms with van der Waals surface area (Å²) in [5, 5.41) is 6.31. The fourth-order valence-electron chi connectivity index (χ4n) is 2.76. The molecule has 0 aliphatic carbocycles. The van der Waals surface area contributed by atoms with Gasteiger partial charge in [0.05, 0.1) is 14.2 Å². The van der Waals surface area contributed by atoms with E-state index < -0.39 is 6.61 Å². The van der Waals surface area contributed by atoms with Crippen molar-refractivity contribution in [1.82, 2.24) is 10.6 Å². The molecule has 0 heterocycles. The lowest BCUT2D eigenvalue weighted by molar-refractivity contribution is -0.0505. The summed E-state index contributed by atoms with van der Waals surface area (Å²) < 4.78 is 40.4. The van der Waals surface area contributed by atoms with Crippen LogP contribution in [0.3, 0.4) is 0 Å². The molecule has 0 bridgehead atoms. The Labute approximate surface area is 169 Å². The summed E-state index contributed by atoms with van der Waals surface area (Å²) in [5.41, 5.74) is 2.79. The number of aliphatic imine (C=N–C) groups is 1. The Morgan fingerprint density at radius 3 is 2.48 bits per heavy atom. The lowest BCUT2D eigenvalue weighted by Crippen LogP contribution is -2.38. The topological polar surface area (TPSA) is 64.1 Å². The molecule has 0 aliphatic rings. The first kappa shape index (κ1) is 22.3. The number of halogens is 2. The maximum atomic E-state index is 12.7. The molecule has 8 heteroatoms. The maximum Gasteiger partial charge on any atom is 0.387 e. The number of alkyl halides is 2. The van der Waals surface area contributed by atoms with Crippen LogP contribution in [-0.2, 0) is 13.0 Å². The van der Waals surface area contributed by atoms with Crippen LogP contribution in [-0.4, -0.2) is 40.4 Å². The zero-order chi connectivity index (χ0) is 21.2. The van der Waals surface area contributed by atoms with E-state index in [0.717, 1.165) is 23.3 Å². The lowest BCUT2D eigenvalue weighted by atomic mass is 10.1. The Morgan fingerprint density at radius 2 is 1.83 bits per heavy atom. The summed E-state index contributed by atoms with van der Waals surface area (Å²) in [6.45, 7) is 0.00124. The summed E-state index contributed by atoms with van der Waals surface area (Å²) in [7, 11) is 4.77. The fourth-order valence-corrected chi connectivity index (χ4v) is 2.76. The van der Waals surface area contributed by atoms with E-state index in [9.17, 15) is 8.78 Å². The molecule has 0 saturated heterocycles. The molecule has 0 unspecified atom stereocenters. The van der Waals surface area contributed by atoms with E-state index in [2.05, 4.69) is 26.4 Å². The van der Waals surface area contributed by atoms with Gasteiger partial charge >= 0.3 is 6.61 Å². The van der Waals surface area contributed by atoms with Crippen molar-refractivity contribution in [3.63, 3.8) is 0 Å². The summed E-state index contributed by atoms with van der Waals surface area (Å²) in [5.74, 6) is 1.92. The second-order valence-corrected chi connectivity index (χ2v) is 6.26. The van der Waals surface area contributed by atoms with Gasteiger partial charge in [-0.3, -0.25) is 4.99 Å². The molecule has 0 atom stereocenters. The smallest absolute Gasteiger partial charge is 0.387 e. The van der Waals surface area contributed by atoms with Gasteiger partial charge in [0.15, 0.2) is 5.96 Å². The average Bonchev–Trinajstić information content (AvgIpc) is 2.71. The van der Waals surface area contributed by atoms with Crippen LogP contribution < -0.4 is 24.8 Å². The van der Waals surface area contributed by atoms with Crippen LogP contribution in [0.25, 0.3) is 0 Å². The molecule has 0 aromatic heterocycles. The molecule has 2 aromatic rings. The number of rotatable bonds is 9. The van der Waals surface area contributed by atoms with Crippen molar-refractivity contribution in [2.75, 3.05) is 27.8 Å². The summed E-state index contributed by atoms with van der Waals surface area (Å²) in [4.78, 5) is 4.16. The minimum atomic E-state index is -2.91. The largest absolute Gasteiger partial charge is 0.497 e. The van der Waals surface area contributed by atoms with E-state index in [1.54, 1.807) is 26.3 Å². The fraction of sp³-hybridized carbons (Fsp3) is 0.381. The second-order valence-electron chi connectivity index (χ2n) is 6.26. The lowest BCUT2D eigenvalue weighted by Gasteiger charge is -2.15. The highest BCUT2D eigenvalue weighted by atomic mass is 19.3. The molecule has 2 rings (SSSR count). The number of aryl methyl sites for hydroxylation is 1. The predicted octanol–water partition coefficient (Wildman–Crippen LogP) is 3.52. The van der Waals surface area contributed by atoms with Gasteiger partial charge in [-0.1, -0.05) is 12.1 Å². The number of hydrogen-bond donors (Lipinski definition) is 2. The Balaban J connectivity index is 1.92. The van der Waals surface area contributed by atoms with Gasteiger partial charge in [0, 0.05) is 31.8 Å². The van der Waals surface area contributed by atoms with Crippen LogP contribution in [0.2, 0.25) is 0 Å². The SMILES string of the molecule is CN=C(NCCc1ccc(C)c(OC)c1)NCc1ccc(OC)cc1OC(F)F. The maximum absolute atomic E-state index is 12.7. The van der Waals surface area contributed by atoms with Crippen LogP contribution in [0, 0.1) is 6.92 Å². The first-order valence-electron chi connectivity index (χ1n) is 9.16. The Morgan fingerprint density at radius 1 is 1.03 bits per heavy atom. The summed E-state index contributed by atoms with van der Waals surface area (Å²) in [6, 6.07) is 10.9. The zero-order valence-corrected chi connectivity index (χ0v) is 17.1. The monoisotopic (exact) mass is 407 g/mol. The molecule has 158 valence electrons. The Hall–Kier alpha value is -3.03. The standard InChI is InChI=1S/C21H27F2N3O3/c1-14-5-6-15(11-18(14)28-4)9-10-25-21(24-2)26-13-16-7-8-17(27-3)12-19(16)29-20(22)23/h5-8,11-12,20H,9-10,13H2,1-4H3,(H2,24,25,26). The van der Waals surface area contributed by atoms with Gasteiger partial charge in [0.1, 0.15) is 17.2 Å². The number of methoxy groups -OCH3 is 2. The highest BCUT2D eigenvalue weighted by Crippen LogP contribution is 2.26. The van der Waals surface area contributed by atoms with Crippen LogP contribution in [0.15, 0.2) is 41.4 Å². The van der Waals surface area contributed by atoms with Crippen LogP contribution in [0.5, 0.6) is 17.2 Å². The van der Waals surface area contributed by atoms with E-state index in [1.807, 2.05) is 19.1 Å². The molecule has 0 saturated carbocycles. The van der Waals surface area contributed by atoms with Gasteiger partial charge < -0.3 is 24.8 Å². The second kappa shape index (κ2) is 11.1. The van der Waals surface area contributed by atoms with Crippen molar-refractivity contribution in [3.8, 4) is 17.2 Å². The van der Waals surface area contributed by atoms with Crippen molar-refractivity contribution >= 4 is 5.96 Å². The van der Waals surface area contributed by atoms with Gasteiger partial charge in [-0.15, -0.1) is 0 Å². The molecular weight excluding hydrogens is 380 g/mol. The van der Waals surface area contributed by atoms with Crippen molar-refractivity contribution in [2.45, 2.75) is 26.5 Å². The number of guanidine groups is 1. The molecule has 29 heavy (non-hydrogen) atoms. The van der Waals surface area contributed by atoms with Gasteiger partial charge in [-0.05, 0) is 42.7 Å². The molecule has 0 radical (unpaired) electrons. The van der Waals surface area contributed by atoms with Crippen molar-refractivity contribution in [3.05, 3.63) is 53.1 Å². The number of nitrogens with one attached hydrogen (secondary N) is 2. The zero-order valence-electron chi connectivity index (χ0n) is 17.1. The van der Waals surface area contributed by atoms with E-state index in [1.165, 1.54) is 13.2 Å². The normalized spacial score (nSPS) is 11.3. The number of benzene rings is 2. The van der Waals surface area contributed by atoms with Crippen molar-refractivity contribution in [2.24, 2.45) is 4.99 Å². The number of hydrogen-bond acceptors (Lipinski definition) is 4. The average molecular weight is 407 g/mol. The molecule has 6 nitrogen and oxygen atoms in total. The number of ether oxygens (including phenoxy) is 3. The molecule has 0 fully saturated rings. The third-order valence-corrected chi connectivity index (χ3v) is 4.34. The minimum absolute atomic E-state index is 0.0639. The van der Waals surface area contributed by atoms with Crippen LogP contribution >= 0.6 is 0 Å². The van der Waals surface area contributed by atoms with Gasteiger partial charge in [0.2, 0.25) is 0 Å². The first-order valence-corrected chi connectivity index (χ1v) is 9.16. The molecule has 0 spiro atoms. The Kier molecular flexibility index (Phi) is 8.51. The summed E-state index contributed by atoms with van der Waals surface area (Å²) >= 11 is 0. The quantitative estimate of drug-likeness (QED) is 0.492. The molecule has 0 aliphatic heterocycles. The van der Waals surface area contributed by atoms with Crippen LogP contribution in [0.1, 0.15) is 16.7 Å². The Bertz CT molecular complexity index is 829. The highest BCUT2D eigenvalue weighted by Gasteiger charge is 2.12. The molecule has 2 aromatic carbocycles. The third-order valence-electron chi connectivity index (χ3n) is 4.34. The van der Waals surface area contributed by atoms with Crippen molar-refractivity contribution < 1.29 is 23.0 Å². The summed E-state index contributed by atoms with van der Waals surface area (Å²) in [6.07, 6.45) is 0.777. The highest BCUT2D eigenvalue weighted by molar-refractivity contribution is 5.79. The minimum Gasteiger partial charge on any atom is -0.497 e. The third kappa shape index (κ3) is 6.81. The van der Waals surface area contributed by atoms with Gasteiger partial charge in [-0.25, -0.2) is 0 Å². The number of nitrogens with zero attached hydrogens (tertiary/aromatic N) is 1. The molecule has 2 N–H and O–H groups in total. The van der Waals surface area contributed by atoms with E-state index >= 15 is 0 Å². The first-order chi connectivity index (χ1) is 14.0. The van der Waals surface area contributed by atoms with Crippen molar-refractivity contribution in [1.29, 1.82) is 0 Å². The molecule has 0 amide bonds. The van der Waals surface area contributed by atoms with Gasteiger partial charge in [-0.2, -0.15) is 8.78 Å². The van der Waals surface area contributed by atoms with E-state index in [0.29, 0.717) is 23.8 Å². The predicted molar refractivity (Wildman–Crippen MR) is 109 cm³/mol. The van der Waals surface area contributed by atoms with E-state index in [-0.39, 0.29) is 12.3 Å². The van der Waals surface area contributed by atoms with Crippen LogP contribution in [0.4, 0.5) is 8.78 Å². The van der Waals surface area contributed by atoms with E-state index in [4.69, 9.17) is 9.47 Å². The molecular formula is C21H27F2N3O3. The van der Waals surface area contributed by atoms with Gasteiger partial charge in [0.25, 0.3) is 0 Å².